The van der Waals surface area contributed by atoms with E-state index in [-0.39, 0.29) is 24.0 Å². The molecule has 0 amide bonds. The van der Waals surface area contributed by atoms with Gasteiger partial charge in [0.15, 0.2) is 5.96 Å². The predicted molar refractivity (Wildman–Crippen MR) is 111 cm³/mol. The second-order valence-corrected chi connectivity index (χ2v) is 8.05. The van der Waals surface area contributed by atoms with Crippen LogP contribution in [-0.4, -0.2) is 53.2 Å². The molecule has 7 nitrogen and oxygen atoms in total. The molecule has 1 spiro atoms. The van der Waals surface area contributed by atoms with Gasteiger partial charge in [-0.05, 0) is 26.2 Å². The largest absolute Gasteiger partial charge is 0.383 e. The number of ether oxygens (including phenoxy) is 1. The Morgan fingerprint density at radius 2 is 2.31 bits per heavy atom. The molecular weight excluding hydrogens is 445 g/mol. The monoisotopic (exact) mass is 475 g/mol. The fourth-order valence-electron chi connectivity index (χ4n) is 4.86. The summed E-state index contributed by atoms with van der Waals surface area (Å²) >= 11 is 0. The van der Waals surface area contributed by atoms with Gasteiger partial charge < -0.3 is 20.5 Å². The van der Waals surface area contributed by atoms with Crippen LogP contribution in [-0.2, 0) is 17.4 Å². The summed E-state index contributed by atoms with van der Waals surface area (Å²) in [7, 11) is 3.63. The molecule has 1 aromatic rings. The van der Waals surface area contributed by atoms with E-state index in [0.717, 1.165) is 24.6 Å². The van der Waals surface area contributed by atoms with E-state index in [9.17, 15) is 5.11 Å². The van der Waals surface area contributed by atoms with Crippen LogP contribution in [0.15, 0.2) is 17.4 Å². The second-order valence-electron chi connectivity index (χ2n) is 8.05. The molecule has 4 atom stereocenters. The SMILES string of the molecule is CN=C(NCC(C)(O)c1cnn(C)c1)NC1C2CCOC2C12CCC2.I. The first-order valence-electron chi connectivity index (χ1n) is 9.26. The predicted octanol–water partition coefficient (Wildman–Crippen LogP) is 1.37. The minimum atomic E-state index is -1.00. The third-order valence-corrected chi connectivity index (χ3v) is 6.48. The Labute approximate surface area is 172 Å². The van der Waals surface area contributed by atoms with Gasteiger partial charge in [-0.2, -0.15) is 5.10 Å². The van der Waals surface area contributed by atoms with Gasteiger partial charge in [0.1, 0.15) is 5.60 Å². The van der Waals surface area contributed by atoms with Gasteiger partial charge in [-0.1, -0.05) is 6.42 Å². The van der Waals surface area contributed by atoms with Crippen LogP contribution >= 0.6 is 24.0 Å². The molecule has 2 heterocycles. The van der Waals surface area contributed by atoms with Crippen molar-refractivity contribution in [3.05, 3.63) is 18.0 Å². The van der Waals surface area contributed by atoms with E-state index in [0.29, 0.717) is 30.0 Å². The molecule has 4 unspecified atom stereocenters. The number of rotatable bonds is 4. The van der Waals surface area contributed by atoms with Crippen molar-refractivity contribution in [3.63, 3.8) is 0 Å². The normalized spacial score (nSPS) is 31.2. The zero-order valence-corrected chi connectivity index (χ0v) is 18.1. The van der Waals surface area contributed by atoms with Crippen molar-refractivity contribution in [2.24, 2.45) is 23.4 Å². The number of halogens is 1. The van der Waals surface area contributed by atoms with E-state index in [1.165, 1.54) is 19.3 Å². The van der Waals surface area contributed by atoms with Gasteiger partial charge in [0.25, 0.3) is 0 Å². The average molecular weight is 475 g/mol. The summed E-state index contributed by atoms with van der Waals surface area (Å²) in [5.74, 6) is 1.35. The van der Waals surface area contributed by atoms with Crippen molar-refractivity contribution < 1.29 is 9.84 Å². The number of nitrogens with zero attached hydrogens (tertiary/aromatic N) is 3. The first-order chi connectivity index (χ1) is 12.0. The fraction of sp³-hybridized carbons (Fsp3) is 0.778. The molecular formula is C18H30IN5O2. The number of aliphatic imine (C=N–C) groups is 1. The van der Waals surface area contributed by atoms with Crippen molar-refractivity contribution in [1.82, 2.24) is 20.4 Å². The Morgan fingerprint density at radius 3 is 2.88 bits per heavy atom. The van der Waals surface area contributed by atoms with Gasteiger partial charge in [-0.15, -0.1) is 24.0 Å². The van der Waals surface area contributed by atoms with E-state index < -0.39 is 5.60 Å². The number of guanidine groups is 1. The van der Waals surface area contributed by atoms with Crippen molar-refractivity contribution in [2.75, 3.05) is 20.2 Å². The van der Waals surface area contributed by atoms with E-state index in [1.54, 1.807) is 24.9 Å². The van der Waals surface area contributed by atoms with Crippen LogP contribution < -0.4 is 10.6 Å². The summed E-state index contributed by atoms with van der Waals surface area (Å²) in [6.07, 6.45) is 8.91. The zero-order chi connectivity index (χ0) is 17.7. The number of aryl methyl sites for hydroxylation is 1. The quantitative estimate of drug-likeness (QED) is 0.348. The molecule has 2 saturated carbocycles. The van der Waals surface area contributed by atoms with Crippen LogP contribution in [0.25, 0.3) is 0 Å². The Morgan fingerprint density at radius 1 is 1.54 bits per heavy atom. The standard InChI is InChI=1S/C18H29N5O2.HI/c1-17(24,12-9-21-23(3)10-12)11-20-16(19-2)22-14-13-5-8-25-15(13)18(14)6-4-7-18;/h9-10,13-15,24H,4-8,11H2,1-3H3,(H2,19,20,22);1H. The van der Waals surface area contributed by atoms with Crippen LogP contribution in [0.4, 0.5) is 0 Å². The first kappa shape index (κ1) is 19.9. The highest BCUT2D eigenvalue weighted by Gasteiger charge is 2.66. The summed E-state index contributed by atoms with van der Waals surface area (Å²) in [6.45, 7) is 3.06. The molecule has 1 saturated heterocycles. The van der Waals surface area contributed by atoms with Gasteiger partial charge >= 0.3 is 0 Å². The molecule has 146 valence electrons. The van der Waals surface area contributed by atoms with Crippen LogP contribution in [0.2, 0.25) is 0 Å². The van der Waals surface area contributed by atoms with Crippen molar-refractivity contribution in [1.29, 1.82) is 0 Å². The molecule has 3 N–H and O–H groups in total. The fourth-order valence-corrected chi connectivity index (χ4v) is 4.86. The molecule has 3 fully saturated rings. The molecule has 3 aliphatic rings. The highest BCUT2D eigenvalue weighted by atomic mass is 127. The molecule has 0 aromatic carbocycles. The van der Waals surface area contributed by atoms with E-state index in [4.69, 9.17) is 4.74 Å². The van der Waals surface area contributed by atoms with Gasteiger partial charge in [0.2, 0.25) is 0 Å². The lowest BCUT2D eigenvalue weighted by Gasteiger charge is -2.63. The Bertz CT molecular complexity index is 670. The Kier molecular flexibility index (Phi) is 5.56. The minimum absolute atomic E-state index is 0. The molecule has 2 aliphatic carbocycles. The Hall–Kier alpha value is -0.870. The first-order valence-corrected chi connectivity index (χ1v) is 9.26. The van der Waals surface area contributed by atoms with Gasteiger partial charge in [0, 0.05) is 49.8 Å². The van der Waals surface area contributed by atoms with Crippen LogP contribution in [0, 0.1) is 11.3 Å². The number of hydrogen-bond acceptors (Lipinski definition) is 4. The molecule has 8 heteroatoms. The lowest BCUT2D eigenvalue weighted by atomic mass is 9.46. The average Bonchev–Trinajstić information content (AvgIpc) is 3.14. The number of hydrogen-bond donors (Lipinski definition) is 3. The number of fused-ring (bicyclic) bond motifs is 2. The van der Waals surface area contributed by atoms with Crippen LogP contribution in [0.5, 0.6) is 0 Å². The van der Waals surface area contributed by atoms with E-state index in [1.807, 2.05) is 13.2 Å². The minimum Gasteiger partial charge on any atom is -0.383 e. The molecule has 26 heavy (non-hydrogen) atoms. The second kappa shape index (κ2) is 7.27. The van der Waals surface area contributed by atoms with Crippen molar-refractivity contribution >= 4 is 29.9 Å². The lowest BCUT2D eigenvalue weighted by molar-refractivity contribution is -0.171. The summed E-state index contributed by atoms with van der Waals surface area (Å²) in [4.78, 5) is 4.37. The smallest absolute Gasteiger partial charge is 0.191 e. The number of nitrogens with one attached hydrogen (secondary N) is 2. The van der Waals surface area contributed by atoms with Gasteiger partial charge in [-0.25, -0.2) is 0 Å². The summed E-state index contributed by atoms with van der Waals surface area (Å²) in [5.41, 5.74) is 0.102. The number of aromatic nitrogens is 2. The molecule has 1 aromatic heterocycles. The molecule has 4 rings (SSSR count). The summed E-state index contributed by atoms with van der Waals surface area (Å²) in [6, 6.07) is 0.434. The summed E-state index contributed by atoms with van der Waals surface area (Å²) < 4.78 is 7.68. The van der Waals surface area contributed by atoms with Crippen LogP contribution in [0.1, 0.15) is 38.2 Å². The van der Waals surface area contributed by atoms with Gasteiger partial charge in [-0.3, -0.25) is 9.67 Å². The third kappa shape index (κ3) is 3.13. The maximum atomic E-state index is 10.7. The number of aliphatic hydroxyl groups is 1. The molecule has 1 aliphatic heterocycles. The van der Waals surface area contributed by atoms with E-state index in [2.05, 4.69) is 20.7 Å². The maximum Gasteiger partial charge on any atom is 0.191 e. The lowest BCUT2D eigenvalue weighted by Crippen LogP contribution is -2.72. The van der Waals surface area contributed by atoms with E-state index >= 15 is 0 Å². The topological polar surface area (TPSA) is 83.7 Å². The highest BCUT2D eigenvalue weighted by molar-refractivity contribution is 14.0. The molecule has 0 bridgehead atoms. The highest BCUT2D eigenvalue weighted by Crippen LogP contribution is 2.62. The zero-order valence-electron chi connectivity index (χ0n) is 15.7. The van der Waals surface area contributed by atoms with Crippen molar-refractivity contribution in [2.45, 2.75) is 50.4 Å². The Balaban J connectivity index is 0.00000196. The van der Waals surface area contributed by atoms with Crippen molar-refractivity contribution in [3.8, 4) is 0 Å². The van der Waals surface area contributed by atoms with Crippen LogP contribution in [0.3, 0.4) is 0 Å². The maximum absolute atomic E-state index is 10.7. The van der Waals surface area contributed by atoms with Gasteiger partial charge in [0.05, 0.1) is 18.8 Å². The summed E-state index contributed by atoms with van der Waals surface area (Å²) in [5, 5.41) is 21.8. The molecule has 0 radical (unpaired) electrons. The third-order valence-electron chi connectivity index (χ3n) is 6.48.